The fraction of sp³-hybridized carbons (Fsp3) is 0.440. The molecule has 2 aromatic rings. The molecule has 3 rings (SSSR count). The Morgan fingerprint density at radius 1 is 1.12 bits per heavy atom. The van der Waals surface area contributed by atoms with Gasteiger partial charge in [0.1, 0.15) is 12.6 Å². The van der Waals surface area contributed by atoms with Crippen molar-refractivity contribution >= 4 is 35.0 Å². The van der Waals surface area contributed by atoms with Crippen LogP contribution in [0.4, 0.5) is 0 Å². The van der Waals surface area contributed by atoms with Crippen molar-refractivity contribution in [1.82, 2.24) is 15.5 Å². The van der Waals surface area contributed by atoms with Crippen LogP contribution < -0.4 is 10.6 Å². The van der Waals surface area contributed by atoms with Crippen LogP contribution in [0.25, 0.3) is 0 Å². The third-order valence-corrected chi connectivity index (χ3v) is 6.68. The summed E-state index contributed by atoms with van der Waals surface area (Å²) in [6, 6.07) is 9.70. The van der Waals surface area contributed by atoms with Crippen LogP contribution in [-0.4, -0.2) is 54.3 Å². The molecule has 1 heterocycles. The number of carbonyl (C=O) groups is 4. The van der Waals surface area contributed by atoms with E-state index >= 15 is 0 Å². The second-order valence-electron chi connectivity index (χ2n) is 8.24. The summed E-state index contributed by atoms with van der Waals surface area (Å²) < 4.78 is 5.09. The van der Waals surface area contributed by atoms with E-state index in [4.69, 9.17) is 4.74 Å². The molecule has 0 radical (unpaired) electrons. The number of hydrogen-bond donors (Lipinski definition) is 2. The van der Waals surface area contributed by atoms with Crippen LogP contribution in [0.15, 0.2) is 41.8 Å². The average molecular weight is 486 g/mol. The molecule has 3 amide bonds. The van der Waals surface area contributed by atoms with Crippen molar-refractivity contribution in [3.8, 4) is 0 Å². The standard InChI is InChI=1S/C25H31N3O5S/c1-3-33-22(30)16-28(21(29)15-26-24(31)20-13-8-14-34-20)23(19-12-7-4-9-17(19)2)25(32)27-18-10-5-6-11-18/h4,7-9,12-14,18,23H,3,5-6,10-11,15-16H2,1-2H3,(H,26,31)(H,27,32)/t23-/m1/s1. The van der Waals surface area contributed by atoms with E-state index in [9.17, 15) is 19.2 Å². The minimum atomic E-state index is -1.03. The van der Waals surface area contributed by atoms with Crippen molar-refractivity contribution < 1.29 is 23.9 Å². The third kappa shape index (κ3) is 6.66. The molecule has 0 spiro atoms. The molecular weight excluding hydrogens is 454 g/mol. The van der Waals surface area contributed by atoms with Gasteiger partial charge in [-0.15, -0.1) is 11.3 Å². The molecule has 34 heavy (non-hydrogen) atoms. The Kier molecular flexibility index (Phi) is 9.21. The van der Waals surface area contributed by atoms with Crippen LogP contribution >= 0.6 is 11.3 Å². The molecule has 182 valence electrons. The Labute approximate surface area is 203 Å². The van der Waals surface area contributed by atoms with Gasteiger partial charge in [-0.2, -0.15) is 0 Å². The molecule has 2 N–H and O–H groups in total. The summed E-state index contributed by atoms with van der Waals surface area (Å²) in [5, 5.41) is 7.43. The van der Waals surface area contributed by atoms with E-state index in [0.717, 1.165) is 31.2 Å². The Hall–Kier alpha value is -3.20. The number of nitrogens with one attached hydrogen (secondary N) is 2. The molecule has 0 saturated heterocycles. The molecule has 1 fully saturated rings. The molecule has 0 bridgehead atoms. The predicted molar refractivity (Wildman–Crippen MR) is 129 cm³/mol. The molecule has 1 aromatic carbocycles. The molecule has 8 nitrogen and oxygen atoms in total. The highest BCUT2D eigenvalue weighted by Gasteiger charge is 2.35. The van der Waals surface area contributed by atoms with E-state index in [1.165, 1.54) is 16.2 Å². The number of carbonyl (C=O) groups excluding carboxylic acids is 4. The normalized spacial score (nSPS) is 14.3. The van der Waals surface area contributed by atoms with Crippen LogP contribution in [0.5, 0.6) is 0 Å². The topological polar surface area (TPSA) is 105 Å². The number of thiophene rings is 1. The summed E-state index contributed by atoms with van der Waals surface area (Å²) in [4.78, 5) is 53.4. The van der Waals surface area contributed by atoms with Gasteiger partial charge in [0.15, 0.2) is 0 Å². The highest BCUT2D eigenvalue weighted by atomic mass is 32.1. The second kappa shape index (κ2) is 12.3. The van der Waals surface area contributed by atoms with E-state index in [1.54, 1.807) is 36.6 Å². The van der Waals surface area contributed by atoms with Crippen LogP contribution in [-0.2, 0) is 19.1 Å². The van der Waals surface area contributed by atoms with Gasteiger partial charge in [-0.1, -0.05) is 43.2 Å². The Morgan fingerprint density at radius 3 is 2.50 bits per heavy atom. The maximum atomic E-state index is 13.5. The molecule has 1 aliphatic carbocycles. The first-order valence-electron chi connectivity index (χ1n) is 11.5. The molecule has 1 aromatic heterocycles. The van der Waals surface area contributed by atoms with Gasteiger partial charge >= 0.3 is 5.97 Å². The maximum absolute atomic E-state index is 13.5. The van der Waals surface area contributed by atoms with E-state index in [0.29, 0.717) is 10.4 Å². The molecule has 1 aliphatic rings. The van der Waals surface area contributed by atoms with E-state index in [-0.39, 0.29) is 31.0 Å². The Bertz CT molecular complexity index is 1000. The largest absolute Gasteiger partial charge is 0.465 e. The van der Waals surface area contributed by atoms with Crippen LogP contribution in [0, 0.1) is 6.92 Å². The summed E-state index contributed by atoms with van der Waals surface area (Å²) in [7, 11) is 0. The first-order chi connectivity index (χ1) is 16.4. The van der Waals surface area contributed by atoms with Gasteiger partial charge in [0.25, 0.3) is 5.91 Å². The van der Waals surface area contributed by atoms with Crippen LogP contribution in [0.3, 0.4) is 0 Å². The quantitative estimate of drug-likeness (QED) is 0.504. The maximum Gasteiger partial charge on any atom is 0.325 e. The lowest BCUT2D eigenvalue weighted by Gasteiger charge is -2.32. The third-order valence-electron chi connectivity index (χ3n) is 5.81. The molecule has 0 aliphatic heterocycles. The number of aryl methyl sites for hydroxylation is 1. The highest BCUT2D eigenvalue weighted by molar-refractivity contribution is 7.12. The average Bonchev–Trinajstić information content (AvgIpc) is 3.53. The van der Waals surface area contributed by atoms with Crippen molar-refractivity contribution in [2.45, 2.75) is 51.6 Å². The lowest BCUT2D eigenvalue weighted by atomic mass is 9.98. The van der Waals surface area contributed by atoms with Gasteiger partial charge in [0.05, 0.1) is 18.0 Å². The summed E-state index contributed by atoms with van der Waals surface area (Å²) >= 11 is 1.26. The van der Waals surface area contributed by atoms with E-state index in [1.807, 2.05) is 19.1 Å². The highest BCUT2D eigenvalue weighted by Crippen LogP contribution is 2.26. The smallest absolute Gasteiger partial charge is 0.325 e. The number of amides is 3. The van der Waals surface area contributed by atoms with Crippen molar-refractivity contribution in [1.29, 1.82) is 0 Å². The van der Waals surface area contributed by atoms with Crippen LogP contribution in [0.1, 0.15) is 59.4 Å². The van der Waals surface area contributed by atoms with Gasteiger partial charge in [-0.25, -0.2) is 0 Å². The summed E-state index contributed by atoms with van der Waals surface area (Å²) in [6.07, 6.45) is 3.85. The van der Waals surface area contributed by atoms with Gasteiger partial charge in [0, 0.05) is 6.04 Å². The second-order valence-corrected chi connectivity index (χ2v) is 9.18. The van der Waals surface area contributed by atoms with Gasteiger partial charge in [0.2, 0.25) is 11.8 Å². The van der Waals surface area contributed by atoms with Gasteiger partial charge in [-0.05, 0) is 49.3 Å². The zero-order valence-corrected chi connectivity index (χ0v) is 20.4. The minimum absolute atomic E-state index is 0.0390. The van der Waals surface area contributed by atoms with E-state index < -0.39 is 24.5 Å². The zero-order valence-electron chi connectivity index (χ0n) is 19.5. The number of benzene rings is 1. The van der Waals surface area contributed by atoms with Crippen molar-refractivity contribution in [3.63, 3.8) is 0 Å². The molecule has 1 atom stereocenters. The summed E-state index contributed by atoms with van der Waals surface area (Å²) in [5.74, 6) is -1.90. The summed E-state index contributed by atoms with van der Waals surface area (Å²) in [5.41, 5.74) is 1.44. The first-order valence-corrected chi connectivity index (χ1v) is 12.4. The fourth-order valence-electron chi connectivity index (χ4n) is 4.12. The minimum Gasteiger partial charge on any atom is -0.465 e. The van der Waals surface area contributed by atoms with Crippen molar-refractivity contribution in [3.05, 3.63) is 57.8 Å². The molecular formula is C25H31N3O5S. The monoisotopic (exact) mass is 485 g/mol. The van der Waals surface area contributed by atoms with Crippen molar-refractivity contribution in [2.75, 3.05) is 19.7 Å². The van der Waals surface area contributed by atoms with E-state index in [2.05, 4.69) is 10.6 Å². The Morgan fingerprint density at radius 2 is 1.85 bits per heavy atom. The van der Waals surface area contributed by atoms with Crippen molar-refractivity contribution in [2.24, 2.45) is 0 Å². The molecule has 0 unspecified atom stereocenters. The first kappa shape index (κ1) is 25.4. The number of rotatable bonds is 10. The van der Waals surface area contributed by atoms with Gasteiger partial charge in [-0.3, -0.25) is 19.2 Å². The summed E-state index contributed by atoms with van der Waals surface area (Å²) in [6.45, 7) is 2.93. The molecule has 9 heteroatoms. The predicted octanol–water partition coefficient (Wildman–Crippen LogP) is 2.98. The number of hydrogen-bond acceptors (Lipinski definition) is 6. The lowest BCUT2D eigenvalue weighted by molar-refractivity contribution is -0.152. The SMILES string of the molecule is CCOC(=O)CN(C(=O)CNC(=O)c1cccs1)[C@@H](C(=O)NC1CCCC1)c1ccccc1C. The Balaban J connectivity index is 1.88. The number of esters is 1. The molecule has 1 saturated carbocycles. The van der Waals surface area contributed by atoms with Gasteiger partial charge < -0.3 is 20.3 Å². The zero-order chi connectivity index (χ0) is 24.5. The number of nitrogens with zero attached hydrogens (tertiary/aromatic N) is 1. The lowest BCUT2D eigenvalue weighted by Crippen LogP contribution is -2.50. The number of ether oxygens (including phenoxy) is 1. The van der Waals surface area contributed by atoms with Crippen LogP contribution in [0.2, 0.25) is 0 Å². The fourth-order valence-corrected chi connectivity index (χ4v) is 4.76.